The van der Waals surface area contributed by atoms with Crippen LogP contribution in [-0.2, 0) is 11.3 Å². The number of piperazine rings is 1. The van der Waals surface area contributed by atoms with Gasteiger partial charge in [-0.05, 0) is 38.8 Å². The maximum absolute atomic E-state index is 12.3. The van der Waals surface area contributed by atoms with Gasteiger partial charge in [0.1, 0.15) is 5.15 Å². The minimum atomic E-state index is -0.0612. The van der Waals surface area contributed by atoms with Crippen molar-refractivity contribution in [2.75, 3.05) is 26.2 Å². The van der Waals surface area contributed by atoms with Crippen molar-refractivity contribution in [3.63, 3.8) is 0 Å². The Morgan fingerprint density at radius 2 is 1.89 bits per heavy atom. The van der Waals surface area contributed by atoms with Crippen molar-refractivity contribution in [2.24, 2.45) is 0 Å². The zero-order valence-corrected chi connectivity index (χ0v) is 17.3. The minimum absolute atomic E-state index is 0.0612. The summed E-state index contributed by atoms with van der Waals surface area (Å²) in [6.45, 7) is 8.44. The monoisotopic (exact) mass is 401 g/mol. The van der Waals surface area contributed by atoms with Crippen LogP contribution in [0.15, 0.2) is 30.3 Å². The van der Waals surface area contributed by atoms with Crippen molar-refractivity contribution < 1.29 is 4.79 Å². The Labute approximate surface area is 171 Å². The van der Waals surface area contributed by atoms with Crippen molar-refractivity contribution in [3.05, 3.63) is 46.7 Å². The van der Waals surface area contributed by atoms with Crippen LogP contribution in [0.1, 0.15) is 31.0 Å². The van der Waals surface area contributed by atoms with E-state index in [1.54, 1.807) is 0 Å². The Bertz CT molecular complexity index is 825. The highest BCUT2D eigenvalue weighted by atomic mass is 35.5. The summed E-state index contributed by atoms with van der Waals surface area (Å²) in [5, 5.41) is 8.44. The molecule has 1 unspecified atom stereocenters. The first-order valence-electron chi connectivity index (χ1n) is 10.1. The number of aryl methyl sites for hydroxylation is 1. The van der Waals surface area contributed by atoms with Crippen LogP contribution in [0, 0.1) is 6.92 Å². The standard InChI is InChI=1S/C21H28ClN5O/c1-15-19(20(22)27(24-15)18-6-4-3-5-7-18)14-25-10-12-26(13-11-25)16(2)21(28)23-17-8-9-17/h3-7,16-17H,8-14H2,1-2H3,(H,23,28). The number of carbonyl (C=O) groups is 1. The molecule has 150 valence electrons. The molecule has 2 aromatic rings. The highest BCUT2D eigenvalue weighted by Gasteiger charge is 2.30. The average molecular weight is 402 g/mol. The van der Waals surface area contributed by atoms with Crippen LogP contribution in [0.2, 0.25) is 5.15 Å². The maximum Gasteiger partial charge on any atom is 0.237 e. The Kier molecular flexibility index (Phi) is 5.71. The van der Waals surface area contributed by atoms with Gasteiger partial charge < -0.3 is 5.32 Å². The molecule has 0 spiro atoms. The SMILES string of the molecule is Cc1nn(-c2ccccc2)c(Cl)c1CN1CCN(C(C)C(=O)NC2CC2)CC1. The fourth-order valence-corrected chi connectivity index (χ4v) is 4.03. The predicted octanol–water partition coefficient (Wildman–Crippen LogP) is 2.62. The molecule has 1 N–H and O–H groups in total. The van der Waals surface area contributed by atoms with Crippen LogP contribution in [0.5, 0.6) is 0 Å². The van der Waals surface area contributed by atoms with Gasteiger partial charge in [0.05, 0.1) is 17.4 Å². The topological polar surface area (TPSA) is 53.4 Å². The molecule has 0 radical (unpaired) electrons. The van der Waals surface area contributed by atoms with Crippen molar-refractivity contribution >= 4 is 17.5 Å². The largest absolute Gasteiger partial charge is 0.352 e. The highest BCUT2D eigenvalue weighted by molar-refractivity contribution is 6.30. The normalized spacial score (nSPS) is 19.5. The van der Waals surface area contributed by atoms with Crippen LogP contribution < -0.4 is 5.32 Å². The van der Waals surface area contributed by atoms with Crippen LogP contribution >= 0.6 is 11.6 Å². The van der Waals surface area contributed by atoms with E-state index in [0.29, 0.717) is 11.2 Å². The summed E-state index contributed by atoms with van der Waals surface area (Å²) >= 11 is 6.67. The van der Waals surface area contributed by atoms with Gasteiger partial charge in [-0.15, -0.1) is 0 Å². The lowest BCUT2D eigenvalue weighted by Crippen LogP contribution is -2.53. The third-order valence-electron chi connectivity index (χ3n) is 5.76. The second-order valence-electron chi connectivity index (χ2n) is 7.87. The second-order valence-corrected chi connectivity index (χ2v) is 8.23. The number of nitrogens with one attached hydrogen (secondary N) is 1. The summed E-state index contributed by atoms with van der Waals surface area (Å²) in [5.74, 6) is 0.166. The summed E-state index contributed by atoms with van der Waals surface area (Å²) in [7, 11) is 0. The lowest BCUT2D eigenvalue weighted by Gasteiger charge is -2.37. The molecule has 1 saturated heterocycles. The number of nitrogens with zero attached hydrogens (tertiary/aromatic N) is 4. The quantitative estimate of drug-likeness (QED) is 0.808. The van der Waals surface area contributed by atoms with Gasteiger partial charge in [-0.25, -0.2) is 4.68 Å². The lowest BCUT2D eigenvalue weighted by molar-refractivity contribution is -0.126. The first-order chi connectivity index (χ1) is 13.5. The van der Waals surface area contributed by atoms with Gasteiger partial charge in [0, 0.05) is 44.3 Å². The molecule has 2 aliphatic rings. The van der Waals surface area contributed by atoms with Gasteiger partial charge in [-0.1, -0.05) is 29.8 Å². The summed E-state index contributed by atoms with van der Waals surface area (Å²) in [5.41, 5.74) is 3.02. The number of hydrogen-bond donors (Lipinski definition) is 1. The van der Waals surface area contributed by atoms with Crippen molar-refractivity contribution in [3.8, 4) is 5.69 Å². The molecule has 1 aromatic carbocycles. The molecule has 4 rings (SSSR count). The van der Waals surface area contributed by atoms with Crippen molar-refractivity contribution in [2.45, 2.75) is 45.3 Å². The number of carbonyl (C=O) groups excluding carboxylic acids is 1. The molecule has 1 aliphatic heterocycles. The number of amides is 1. The Hall–Kier alpha value is -1.89. The second kappa shape index (κ2) is 8.23. The smallest absolute Gasteiger partial charge is 0.237 e. The van der Waals surface area contributed by atoms with Crippen molar-refractivity contribution in [1.29, 1.82) is 0 Å². The zero-order chi connectivity index (χ0) is 19.7. The third kappa shape index (κ3) is 4.24. The molecule has 1 aromatic heterocycles. The third-order valence-corrected chi connectivity index (χ3v) is 6.15. The van der Waals surface area contributed by atoms with Crippen LogP contribution in [0.3, 0.4) is 0 Å². The highest BCUT2D eigenvalue weighted by Crippen LogP contribution is 2.25. The number of rotatable bonds is 6. The van der Waals surface area contributed by atoms with E-state index in [-0.39, 0.29) is 11.9 Å². The van der Waals surface area contributed by atoms with E-state index < -0.39 is 0 Å². The van der Waals surface area contributed by atoms with Gasteiger partial charge in [-0.2, -0.15) is 5.10 Å². The molecule has 1 amide bonds. The van der Waals surface area contributed by atoms with Gasteiger partial charge in [0.25, 0.3) is 0 Å². The Morgan fingerprint density at radius 3 is 2.54 bits per heavy atom. The van der Waals surface area contributed by atoms with E-state index in [1.807, 2.05) is 48.9 Å². The predicted molar refractivity (Wildman–Crippen MR) is 111 cm³/mol. The summed E-state index contributed by atoms with van der Waals surface area (Å²) in [4.78, 5) is 17.0. The van der Waals surface area contributed by atoms with Crippen LogP contribution in [0.4, 0.5) is 0 Å². The van der Waals surface area contributed by atoms with Gasteiger partial charge in [0.15, 0.2) is 0 Å². The molecule has 0 bridgehead atoms. The maximum atomic E-state index is 12.3. The van der Waals surface area contributed by atoms with E-state index in [2.05, 4.69) is 20.2 Å². The van der Waals surface area contributed by atoms with E-state index in [1.165, 1.54) is 0 Å². The summed E-state index contributed by atoms with van der Waals surface area (Å²) in [6, 6.07) is 10.3. The molecular weight excluding hydrogens is 374 g/mol. The summed E-state index contributed by atoms with van der Waals surface area (Å²) < 4.78 is 1.81. The van der Waals surface area contributed by atoms with Crippen LogP contribution in [-0.4, -0.2) is 63.8 Å². The molecule has 28 heavy (non-hydrogen) atoms. The van der Waals surface area contributed by atoms with Crippen LogP contribution in [0.25, 0.3) is 5.69 Å². The average Bonchev–Trinajstić information content (AvgIpc) is 3.49. The molecule has 2 fully saturated rings. The van der Waals surface area contributed by atoms with E-state index >= 15 is 0 Å². The Morgan fingerprint density at radius 1 is 1.21 bits per heavy atom. The fraction of sp³-hybridized carbons (Fsp3) is 0.524. The number of para-hydroxylation sites is 1. The fourth-order valence-electron chi connectivity index (χ4n) is 3.70. The molecular formula is C21H28ClN5O. The molecule has 1 aliphatic carbocycles. The number of hydrogen-bond acceptors (Lipinski definition) is 4. The number of aromatic nitrogens is 2. The zero-order valence-electron chi connectivity index (χ0n) is 16.6. The molecule has 1 saturated carbocycles. The molecule has 2 heterocycles. The minimum Gasteiger partial charge on any atom is -0.352 e. The van der Waals surface area contributed by atoms with E-state index in [9.17, 15) is 4.79 Å². The van der Waals surface area contributed by atoms with E-state index in [4.69, 9.17) is 11.6 Å². The van der Waals surface area contributed by atoms with Gasteiger partial charge >= 0.3 is 0 Å². The lowest BCUT2D eigenvalue weighted by atomic mass is 10.2. The van der Waals surface area contributed by atoms with Gasteiger partial charge in [0.2, 0.25) is 5.91 Å². The molecule has 7 heteroatoms. The number of benzene rings is 1. The van der Waals surface area contributed by atoms with Crippen molar-refractivity contribution in [1.82, 2.24) is 24.9 Å². The first-order valence-corrected chi connectivity index (χ1v) is 10.5. The van der Waals surface area contributed by atoms with Gasteiger partial charge in [-0.3, -0.25) is 14.6 Å². The number of halogens is 1. The Balaban J connectivity index is 1.36. The first kappa shape index (κ1) is 19.4. The molecule has 6 nitrogen and oxygen atoms in total. The molecule has 1 atom stereocenters. The van der Waals surface area contributed by atoms with E-state index in [0.717, 1.165) is 62.5 Å². The summed E-state index contributed by atoms with van der Waals surface area (Å²) in [6.07, 6.45) is 2.26.